The van der Waals surface area contributed by atoms with Crippen molar-refractivity contribution in [1.82, 2.24) is 4.31 Å². The lowest BCUT2D eigenvalue weighted by atomic mass is 10.2. The largest absolute Gasteiger partial charge is 0.274 e. The Morgan fingerprint density at radius 2 is 1.58 bits per heavy atom. The topological polar surface area (TPSA) is 135 Å². The first-order valence-electron chi connectivity index (χ1n) is 9.56. The minimum Gasteiger partial charge on any atom is -0.274 e. The molecule has 0 spiro atoms. The van der Waals surface area contributed by atoms with E-state index in [0.717, 1.165) is 9.21 Å². The molecule has 0 aromatic heterocycles. The second-order valence-electron chi connectivity index (χ2n) is 7.23. The van der Waals surface area contributed by atoms with Crippen molar-refractivity contribution in [1.29, 1.82) is 0 Å². The van der Waals surface area contributed by atoms with Gasteiger partial charge in [0.1, 0.15) is 6.04 Å². The summed E-state index contributed by atoms with van der Waals surface area (Å²) in [4.78, 5) is 26.6. The van der Waals surface area contributed by atoms with Gasteiger partial charge in [0.25, 0.3) is 5.91 Å². The summed E-state index contributed by atoms with van der Waals surface area (Å²) >= 11 is 0. The van der Waals surface area contributed by atoms with Crippen molar-refractivity contribution in [2.45, 2.75) is 48.6 Å². The van der Waals surface area contributed by atoms with Crippen LogP contribution in [0.1, 0.15) is 26.7 Å². The molecule has 0 saturated carbocycles. The number of imide groups is 1. The standard InChI is InChI=1S/C20H23N3O6S2/c1-3-14(2)23(31(28,29)17-7-5-4-6-8-17)18-13-19(24)22(20(18)25)15-9-11-16(12-10-15)30(21,26)27/h4-12,14,18H,3,13H2,1-2H3,(H2,21,26,27). The second-order valence-corrected chi connectivity index (χ2v) is 10.6. The van der Waals surface area contributed by atoms with E-state index in [0.29, 0.717) is 6.42 Å². The Bertz CT molecular complexity index is 1200. The van der Waals surface area contributed by atoms with Gasteiger partial charge in [-0.05, 0) is 49.7 Å². The lowest BCUT2D eigenvalue weighted by Crippen LogP contribution is -2.49. The molecule has 2 N–H and O–H groups in total. The Hall–Kier alpha value is -2.60. The van der Waals surface area contributed by atoms with E-state index in [9.17, 15) is 26.4 Å². The van der Waals surface area contributed by atoms with E-state index in [-0.39, 0.29) is 21.9 Å². The third-order valence-corrected chi connectivity index (χ3v) is 8.16. The molecular weight excluding hydrogens is 442 g/mol. The molecule has 1 aliphatic rings. The van der Waals surface area contributed by atoms with E-state index >= 15 is 0 Å². The number of carbonyl (C=O) groups is 2. The summed E-state index contributed by atoms with van der Waals surface area (Å²) in [5, 5.41) is 5.08. The van der Waals surface area contributed by atoms with Crippen molar-refractivity contribution in [3.8, 4) is 0 Å². The molecule has 2 atom stereocenters. The fourth-order valence-electron chi connectivity index (χ4n) is 3.48. The average molecular weight is 466 g/mol. The highest BCUT2D eigenvalue weighted by Crippen LogP contribution is 2.31. The monoisotopic (exact) mass is 465 g/mol. The molecule has 1 fully saturated rings. The van der Waals surface area contributed by atoms with Crippen LogP contribution in [0.5, 0.6) is 0 Å². The van der Waals surface area contributed by atoms with Crippen molar-refractivity contribution in [2.75, 3.05) is 4.90 Å². The molecular formula is C20H23N3O6S2. The maximum Gasteiger partial charge on any atom is 0.252 e. The van der Waals surface area contributed by atoms with Crippen LogP contribution in [-0.4, -0.2) is 45.0 Å². The van der Waals surface area contributed by atoms with Crippen molar-refractivity contribution < 1.29 is 26.4 Å². The van der Waals surface area contributed by atoms with Gasteiger partial charge in [-0.3, -0.25) is 9.59 Å². The van der Waals surface area contributed by atoms with Gasteiger partial charge in [-0.25, -0.2) is 26.9 Å². The highest BCUT2D eigenvalue weighted by Gasteiger charge is 2.48. The molecule has 1 heterocycles. The van der Waals surface area contributed by atoms with Crippen LogP contribution in [0.2, 0.25) is 0 Å². The molecule has 1 aliphatic heterocycles. The molecule has 31 heavy (non-hydrogen) atoms. The van der Waals surface area contributed by atoms with Crippen LogP contribution in [-0.2, 0) is 29.6 Å². The van der Waals surface area contributed by atoms with Crippen LogP contribution in [0.25, 0.3) is 0 Å². The maximum atomic E-state index is 13.3. The molecule has 9 nitrogen and oxygen atoms in total. The van der Waals surface area contributed by atoms with Gasteiger partial charge in [-0.1, -0.05) is 25.1 Å². The third-order valence-electron chi connectivity index (χ3n) is 5.20. The first-order valence-corrected chi connectivity index (χ1v) is 12.6. The number of benzene rings is 2. The third kappa shape index (κ3) is 4.40. The molecule has 11 heteroatoms. The lowest BCUT2D eigenvalue weighted by Gasteiger charge is -2.31. The molecule has 0 bridgehead atoms. The number of hydrogen-bond acceptors (Lipinski definition) is 6. The highest BCUT2D eigenvalue weighted by molar-refractivity contribution is 7.89. The van der Waals surface area contributed by atoms with E-state index in [2.05, 4.69) is 0 Å². The Balaban J connectivity index is 2.00. The SMILES string of the molecule is CCC(C)N(C1CC(=O)N(c2ccc(S(N)(=O)=O)cc2)C1=O)S(=O)(=O)c1ccccc1. The molecule has 3 rings (SSSR count). The van der Waals surface area contributed by atoms with Crippen LogP contribution in [0.15, 0.2) is 64.4 Å². The number of sulfonamides is 2. The number of nitrogens with two attached hydrogens (primary N) is 1. The molecule has 2 aromatic carbocycles. The minimum absolute atomic E-state index is 0.0338. The Morgan fingerprint density at radius 1 is 1.00 bits per heavy atom. The fraction of sp³-hybridized carbons (Fsp3) is 0.300. The second kappa shape index (κ2) is 8.50. The summed E-state index contributed by atoms with van der Waals surface area (Å²) in [6.45, 7) is 3.48. The van der Waals surface area contributed by atoms with Crippen LogP contribution in [0.3, 0.4) is 0 Å². The predicted octanol–water partition coefficient (Wildman–Crippen LogP) is 1.46. The number of anilines is 1. The number of amides is 2. The normalized spacial score (nSPS) is 18.6. The Labute approximate surface area is 181 Å². The summed E-state index contributed by atoms with van der Waals surface area (Å²) in [7, 11) is -7.98. The Kier molecular flexibility index (Phi) is 6.33. The summed E-state index contributed by atoms with van der Waals surface area (Å²) in [6.07, 6.45) is 0.124. The molecule has 166 valence electrons. The summed E-state index contributed by atoms with van der Waals surface area (Å²) < 4.78 is 50.7. The molecule has 2 unspecified atom stereocenters. The zero-order chi connectivity index (χ0) is 23.0. The number of rotatable bonds is 7. The van der Waals surface area contributed by atoms with Gasteiger partial charge in [-0.15, -0.1) is 0 Å². The van der Waals surface area contributed by atoms with Gasteiger partial charge in [0.05, 0.1) is 21.9 Å². The average Bonchev–Trinajstić information content (AvgIpc) is 3.01. The van der Waals surface area contributed by atoms with Gasteiger partial charge < -0.3 is 0 Å². The summed E-state index contributed by atoms with van der Waals surface area (Å²) in [5.41, 5.74) is 0.145. The zero-order valence-electron chi connectivity index (χ0n) is 17.0. The van der Waals surface area contributed by atoms with Gasteiger partial charge >= 0.3 is 0 Å². The van der Waals surface area contributed by atoms with E-state index in [1.807, 2.05) is 0 Å². The van der Waals surface area contributed by atoms with Crippen molar-refractivity contribution >= 4 is 37.5 Å². The van der Waals surface area contributed by atoms with Gasteiger partial charge in [0.15, 0.2) is 0 Å². The van der Waals surface area contributed by atoms with E-state index < -0.39 is 43.9 Å². The first kappa shape index (κ1) is 23.1. The van der Waals surface area contributed by atoms with Crippen molar-refractivity contribution in [3.63, 3.8) is 0 Å². The van der Waals surface area contributed by atoms with Crippen LogP contribution in [0, 0.1) is 0 Å². The Morgan fingerprint density at radius 3 is 2.10 bits per heavy atom. The number of hydrogen-bond donors (Lipinski definition) is 1. The maximum absolute atomic E-state index is 13.3. The van der Waals surface area contributed by atoms with Gasteiger partial charge in [0, 0.05) is 6.04 Å². The lowest BCUT2D eigenvalue weighted by molar-refractivity contribution is -0.122. The fourth-order valence-corrected chi connectivity index (χ4v) is 5.86. The van der Waals surface area contributed by atoms with Crippen molar-refractivity contribution in [2.24, 2.45) is 5.14 Å². The molecule has 2 amide bonds. The van der Waals surface area contributed by atoms with Gasteiger partial charge in [0.2, 0.25) is 26.0 Å². The molecule has 0 aliphatic carbocycles. The number of carbonyl (C=O) groups excluding carboxylic acids is 2. The summed E-state index contributed by atoms with van der Waals surface area (Å²) in [6, 6.07) is 11.0. The van der Waals surface area contributed by atoms with E-state index in [1.165, 1.54) is 36.4 Å². The van der Waals surface area contributed by atoms with E-state index in [4.69, 9.17) is 5.14 Å². The summed E-state index contributed by atoms with van der Waals surface area (Å²) in [5.74, 6) is -1.26. The molecule has 2 aromatic rings. The van der Waals surface area contributed by atoms with Crippen LogP contribution in [0.4, 0.5) is 5.69 Å². The zero-order valence-corrected chi connectivity index (χ0v) is 18.6. The molecule has 1 saturated heterocycles. The smallest absolute Gasteiger partial charge is 0.252 e. The van der Waals surface area contributed by atoms with E-state index in [1.54, 1.807) is 32.0 Å². The van der Waals surface area contributed by atoms with Crippen LogP contribution < -0.4 is 10.0 Å². The quantitative estimate of drug-likeness (QED) is 0.615. The minimum atomic E-state index is -4.05. The number of nitrogens with zero attached hydrogens (tertiary/aromatic N) is 2. The first-order chi connectivity index (χ1) is 14.5. The highest BCUT2D eigenvalue weighted by atomic mass is 32.2. The van der Waals surface area contributed by atoms with Gasteiger partial charge in [-0.2, -0.15) is 4.31 Å². The predicted molar refractivity (Wildman–Crippen MR) is 114 cm³/mol. The molecule has 0 radical (unpaired) electrons. The van der Waals surface area contributed by atoms with Crippen molar-refractivity contribution in [3.05, 3.63) is 54.6 Å². The van der Waals surface area contributed by atoms with Crippen LogP contribution >= 0.6 is 0 Å². The number of primary sulfonamides is 1.